The Morgan fingerprint density at radius 2 is 2.13 bits per heavy atom. The second kappa shape index (κ2) is 9.69. The minimum atomic E-state index is -1.02. The molecule has 3 aliphatic rings. The van der Waals surface area contributed by atoms with Crippen LogP contribution in [-0.4, -0.2) is 52.1 Å². The van der Waals surface area contributed by atoms with Gasteiger partial charge in [0.1, 0.15) is 17.0 Å². The molecule has 5 heterocycles. The van der Waals surface area contributed by atoms with Crippen molar-refractivity contribution in [1.29, 1.82) is 0 Å². The first-order chi connectivity index (χ1) is 18.5. The summed E-state index contributed by atoms with van der Waals surface area (Å²) in [6, 6.07) is 6.93. The van der Waals surface area contributed by atoms with Crippen LogP contribution in [0.2, 0.25) is 0 Å². The number of nitrogens with zero attached hydrogens (tertiary/aromatic N) is 4. The maximum absolute atomic E-state index is 15.4. The number of aromatic nitrogens is 3. The third kappa shape index (κ3) is 4.25. The molecule has 6 rings (SSSR count). The first kappa shape index (κ1) is 24.3. The van der Waals surface area contributed by atoms with Gasteiger partial charge in [0, 0.05) is 22.6 Å². The topological polar surface area (TPSA) is 134 Å². The molecule has 3 aliphatic heterocycles. The number of ether oxygens (including phenoxy) is 3. The Balaban J connectivity index is 1.43. The van der Waals surface area contributed by atoms with E-state index in [2.05, 4.69) is 20.3 Å². The fraction of sp³-hybridized carbons (Fsp3) is 0.269. The molecule has 3 aromatic rings. The molecule has 0 saturated carbocycles. The van der Waals surface area contributed by atoms with Crippen molar-refractivity contribution in [2.75, 3.05) is 31.4 Å². The van der Waals surface area contributed by atoms with Gasteiger partial charge >= 0.3 is 0 Å². The van der Waals surface area contributed by atoms with Crippen LogP contribution in [-0.2, 0) is 10.3 Å². The summed E-state index contributed by atoms with van der Waals surface area (Å²) in [4.78, 5) is 30.0. The van der Waals surface area contributed by atoms with E-state index in [9.17, 15) is 4.79 Å². The highest BCUT2D eigenvalue weighted by Crippen LogP contribution is 2.54. The minimum Gasteiger partial charge on any atom is -0.480 e. The van der Waals surface area contributed by atoms with Gasteiger partial charge in [-0.1, -0.05) is 17.8 Å². The summed E-state index contributed by atoms with van der Waals surface area (Å²) in [7, 11) is 1.47. The first-order valence-corrected chi connectivity index (χ1v) is 12.9. The fourth-order valence-electron chi connectivity index (χ4n) is 4.79. The molecule has 0 bridgehead atoms. The maximum Gasteiger partial charge on any atom is 0.275 e. The molecule has 0 aliphatic carbocycles. The van der Waals surface area contributed by atoms with E-state index in [0.29, 0.717) is 64.7 Å². The van der Waals surface area contributed by atoms with E-state index in [0.717, 1.165) is 12.0 Å². The molecule has 1 aromatic carbocycles. The predicted octanol–water partition coefficient (Wildman–Crippen LogP) is 3.88. The quantitative estimate of drug-likeness (QED) is 0.478. The van der Waals surface area contributed by atoms with E-state index in [1.165, 1.54) is 31.3 Å². The molecule has 10 nitrogen and oxygen atoms in total. The van der Waals surface area contributed by atoms with Crippen molar-refractivity contribution in [2.24, 2.45) is 10.7 Å². The second-order valence-corrected chi connectivity index (χ2v) is 9.98. The summed E-state index contributed by atoms with van der Waals surface area (Å²) in [5.74, 6) is 0.225. The van der Waals surface area contributed by atoms with Crippen LogP contribution in [0.15, 0.2) is 47.7 Å². The van der Waals surface area contributed by atoms with Crippen molar-refractivity contribution in [3.63, 3.8) is 0 Å². The molecule has 3 N–H and O–H groups in total. The van der Waals surface area contributed by atoms with Crippen molar-refractivity contribution >= 4 is 34.1 Å². The number of amidine groups is 1. The van der Waals surface area contributed by atoms with E-state index < -0.39 is 17.4 Å². The number of halogens is 1. The normalized spacial score (nSPS) is 19.9. The zero-order valence-electron chi connectivity index (χ0n) is 20.4. The number of methoxy groups -OCH3 is 1. The number of rotatable bonds is 4. The molecule has 12 heteroatoms. The average molecular weight is 535 g/mol. The van der Waals surface area contributed by atoms with E-state index in [4.69, 9.17) is 24.9 Å². The Labute approximate surface area is 221 Å². The number of amides is 1. The predicted molar refractivity (Wildman–Crippen MR) is 140 cm³/mol. The maximum atomic E-state index is 15.4. The third-order valence-corrected chi connectivity index (χ3v) is 7.39. The van der Waals surface area contributed by atoms with Crippen molar-refractivity contribution < 1.29 is 23.4 Å². The van der Waals surface area contributed by atoms with Crippen molar-refractivity contribution in [2.45, 2.75) is 18.4 Å². The number of anilines is 1. The van der Waals surface area contributed by atoms with Gasteiger partial charge in [0.2, 0.25) is 5.88 Å². The smallest absolute Gasteiger partial charge is 0.275 e. The van der Waals surface area contributed by atoms with Crippen LogP contribution in [0.4, 0.5) is 10.1 Å². The largest absolute Gasteiger partial charge is 0.480 e. The minimum absolute atomic E-state index is 0.0207. The lowest BCUT2D eigenvalue weighted by Gasteiger charge is -2.39. The molecular weight excluding hydrogens is 511 g/mol. The molecule has 38 heavy (non-hydrogen) atoms. The number of benzene rings is 1. The number of carbonyl (C=O) groups excluding carboxylic acids is 1. The van der Waals surface area contributed by atoms with Gasteiger partial charge < -0.3 is 25.3 Å². The number of hydrogen-bond acceptors (Lipinski definition) is 10. The van der Waals surface area contributed by atoms with E-state index >= 15 is 4.39 Å². The van der Waals surface area contributed by atoms with Crippen LogP contribution in [0.1, 0.15) is 40.2 Å². The Hall–Kier alpha value is -4.03. The zero-order chi connectivity index (χ0) is 26.3. The van der Waals surface area contributed by atoms with E-state index in [-0.39, 0.29) is 11.4 Å². The molecule has 0 saturated heterocycles. The number of hydrogen-bond donors (Lipinski definition) is 2. The summed E-state index contributed by atoms with van der Waals surface area (Å²) in [6.07, 6.45) is 5.97. The number of carbonyl (C=O) groups is 1. The number of aliphatic imine (C=N–C) groups is 1. The lowest BCUT2D eigenvalue weighted by molar-refractivity contribution is 0.102. The SMILES string of the molecule is COc1cnc(C(=O)Nc2ccc3c(c2)[C@@]2(CCSC(N)=N2)c2cc(C4=CCCOC4)nc(F)c2O3)cn1. The van der Waals surface area contributed by atoms with Crippen molar-refractivity contribution in [3.8, 4) is 17.4 Å². The number of pyridine rings is 1. The molecule has 1 amide bonds. The van der Waals surface area contributed by atoms with Gasteiger partial charge in [-0.3, -0.25) is 4.79 Å². The van der Waals surface area contributed by atoms with Crippen LogP contribution in [0.5, 0.6) is 17.4 Å². The fourth-order valence-corrected chi connectivity index (χ4v) is 5.61. The van der Waals surface area contributed by atoms with Gasteiger partial charge in [-0.05, 0) is 42.7 Å². The molecule has 1 spiro atoms. The van der Waals surface area contributed by atoms with Crippen LogP contribution < -0.4 is 20.5 Å². The summed E-state index contributed by atoms with van der Waals surface area (Å²) >= 11 is 1.44. The first-order valence-electron chi connectivity index (χ1n) is 11.9. The van der Waals surface area contributed by atoms with Gasteiger partial charge in [0.25, 0.3) is 11.9 Å². The van der Waals surface area contributed by atoms with Crippen LogP contribution in [0.3, 0.4) is 0 Å². The average Bonchev–Trinajstić information content (AvgIpc) is 2.94. The number of thioether (sulfide) groups is 1. The Morgan fingerprint density at radius 1 is 1.24 bits per heavy atom. The molecular formula is C26H23FN6O4S. The molecule has 0 unspecified atom stereocenters. The van der Waals surface area contributed by atoms with Crippen molar-refractivity contribution in [3.05, 3.63) is 71.2 Å². The molecule has 0 radical (unpaired) electrons. The number of fused-ring (bicyclic) bond motifs is 4. The summed E-state index contributed by atoms with van der Waals surface area (Å²) in [5.41, 5.74) is 8.30. The standard InChI is InChI=1S/C26H23FN6O4S/c1-35-21-12-29-19(11-30-21)24(34)31-15-4-5-20-16(9-15)26(6-8-38-25(28)33-26)17-10-18(14-3-2-7-36-13-14)32-23(27)22(17)37-20/h3-5,9-12H,2,6-8,13H2,1H3,(H2,28,33)(H,31,34)/t26-/m0/s1. The monoisotopic (exact) mass is 534 g/mol. The van der Waals surface area contributed by atoms with Gasteiger partial charge in [-0.25, -0.2) is 19.9 Å². The van der Waals surface area contributed by atoms with Gasteiger partial charge in [-0.2, -0.15) is 4.39 Å². The lowest BCUT2D eigenvalue weighted by atomic mass is 9.78. The highest BCUT2D eigenvalue weighted by atomic mass is 32.2. The highest BCUT2D eigenvalue weighted by molar-refractivity contribution is 8.13. The van der Waals surface area contributed by atoms with Crippen molar-refractivity contribution in [1.82, 2.24) is 15.0 Å². The molecule has 0 fully saturated rings. The number of nitrogens with two attached hydrogens (primary N) is 1. The van der Waals surface area contributed by atoms with Gasteiger partial charge in [-0.15, -0.1) is 0 Å². The molecule has 194 valence electrons. The molecule has 1 atom stereocenters. The van der Waals surface area contributed by atoms with Gasteiger partial charge in [0.15, 0.2) is 10.9 Å². The Bertz CT molecular complexity index is 1500. The van der Waals surface area contributed by atoms with Gasteiger partial charge in [0.05, 0.1) is 38.4 Å². The second-order valence-electron chi connectivity index (χ2n) is 8.87. The Morgan fingerprint density at radius 3 is 2.87 bits per heavy atom. The van der Waals surface area contributed by atoms with E-state index in [1.807, 2.05) is 12.1 Å². The summed E-state index contributed by atoms with van der Waals surface area (Å²) in [5, 5.41) is 3.23. The van der Waals surface area contributed by atoms with Crippen LogP contribution in [0, 0.1) is 5.95 Å². The highest BCUT2D eigenvalue weighted by Gasteiger charge is 2.46. The third-order valence-electron chi connectivity index (χ3n) is 6.60. The number of nitrogens with one attached hydrogen (secondary N) is 1. The zero-order valence-corrected chi connectivity index (χ0v) is 21.2. The van der Waals surface area contributed by atoms with Crippen LogP contribution >= 0.6 is 11.8 Å². The van der Waals surface area contributed by atoms with Crippen LogP contribution in [0.25, 0.3) is 5.57 Å². The summed E-state index contributed by atoms with van der Waals surface area (Å²) in [6.45, 7) is 0.966. The summed E-state index contributed by atoms with van der Waals surface area (Å²) < 4.78 is 32.0. The lowest BCUT2D eigenvalue weighted by Crippen LogP contribution is -2.36. The Kier molecular flexibility index (Phi) is 6.20. The van der Waals surface area contributed by atoms with E-state index in [1.54, 1.807) is 18.2 Å². The molecule has 2 aromatic heterocycles.